The minimum Gasteiger partial charge on any atom is -0.309 e. The Kier molecular flexibility index (Phi) is 2.39. The number of amides is 1. The normalized spacial score (nSPS) is 28.1. The molecule has 0 N–H and O–H groups in total. The Labute approximate surface area is 130 Å². The molecule has 1 saturated heterocycles. The van der Waals surface area contributed by atoms with Crippen LogP contribution in [-0.4, -0.2) is 11.9 Å². The van der Waals surface area contributed by atoms with E-state index in [0.717, 1.165) is 18.5 Å². The smallest absolute Gasteiger partial charge is 0.227 e. The zero-order valence-corrected chi connectivity index (χ0v) is 12.8. The summed E-state index contributed by atoms with van der Waals surface area (Å²) in [5.74, 6) is 1.33. The molecule has 3 atom stereocenters. The minimum atomic E-state index is 0.310. The molecule has 0 saturated carbocycles. The Balaban J connectivity index is 1.78. The van der Waals surface area contributed by atoms with E-state index in [4.69, 9.17) is 0 Å². The standard InChI is InChI=1S/C20H19NO/c1-12-6-7-17-15(10-12)20-14-5-3-2-4-13(14)11-16(20)18-8-9-19(22)21(17)18/h2-7,10,16,18,20H,8-9,11H2,1H3/t16-,18+,20+/m0/s1. The van der Waals surface area contributed by atoms with Gasteiger partial charge in [0, 0.05) is 24.1 Å². The molecule has 1 amide bonds. The number of nitrogens with zero attached hydrogens (tertiary/aromatic N) is 1. The summed E-state index contributed by atoms with van der Waals surface area (Å²) in [6, 6.07) is 15.9. The first-order valence-corrected chi connectivity index (χ1v) is 8.24. The van der Waals surface area contributed by atoms with Crippen LogP contribution < -0.4 is 4.90 Å². The van der Waals surface area contributed by atoms with Crippen molar-refractivity contribution in [3.63, 3.8) is 0 Å². The second-order valence-electron chi connectivity index (χ2n) is 6.98. The highest BCUT2D eigenvalue weighted by molar-refractivity contribution is 5.98. The third-order valence-corrected chi connectivity index (χ3v) is 5.80. The van der Waals surface area contributed by atoms with Crippen LogP contribution in [0.3, 0.4) is 0 Å². The number of hydrogen-bond donors (Lipinski definition) is 0. The molecule has 5 rings (SSSR count). The molecule has 0 aromatic heterocycles. The van der Waals surface area contributed by atoms with E-state index >= 15 is 0 Å². The Morgan fingerprint density at radius 3 is 2.86 bits per heavy atom. The van der Waals surface area contributed by atoms with Crippen molar-refractivity contribution in [1.82, 2.24) is 0 Å². The van der Waals surface area contributed by atoms with Gasteiger partial charge in [-0.3, -0.25) is 4.79 Å². The van der Waals surface area contributed by atoms with E-state index in [-0.39, 0.29) is 0 Å². The van der Waals surface area contributed by atoms with Crippen LogP contribution in [0.25, 0.3) is 0 Å². The van der Waals surface area contributed by atoms with Crippen molar-refractivity contribution in [3.8, 4) is 0 Å². The van der Waals surface area contributed by atoms with Gasteiger partial charge in [0.05, 0.1) is 0 Å². The van der Waals surface area contributed by atoms with Crippen LogP contribution >= 0.6 is 0 Å². The van der Waals surface area contributed by atoms with Crippen LogP contribution in [0.5, 0.6) is 0 Å². The lowest BCUT2D eigenvalue weighted by Crippen LogP contribution is -2.44. The molecule has 2 aliphatic heterocycles. The molecule has 0 unspecified atom stereocenters. The zero-order valence-electron chi connectivity index (χ0n) is 12.8. The van der Waals surface area contributed by atoms with Crippen molar-refractivity contribution in [2.75, 3.05) is 4.90 Å². The number of benzene rings is 2. The lowest BCUT2D eigenvalue weighted by Gasteiger charge is -2.41. The summed E-state index contributed by atoms with van der Waals surface area (Å²) in [6.07, 6.45) is 2.83. The molecule has 2 heterocycles. The van der Waals surface area contributed by atoms with Crippen molar-refractivity contribution in [2.24, 2.45) is 5.92 Å². The number of aryl methyl sites for hydroxylation is 1. The fraction of sp³-hybridized carbons (Fsp3) is 0.350. The maximum absolute atomic E-state index is 12.4. The Bertz CT molecular complexity index is 794. The number of carbonyl (C=O) groups is 1. The highest BCUT2D eigenvalue weighted by atomic mass is 16.2. The van der Waals surface area contributed by atoms with Crippen molar-refractivity contribution >= 4 is 11.6 Å². The lowest BCUT2D eigenvalue weighted by molar-refractivity contribution is -0.117. The van der Waals surface area contributed by atoms with E-state index in [1.807, 2.05) is 0 Å². The molecule has 2 nitrogen and oxygen atoms in total. The third-order valence-electron chi connectivity index (χ3n) is 5.80. The maximum Gasteiger partial charge on any atom is 0.227 e. The molecule has 0 radical (unpaired) electrons. The molecule has 3 aliphatic rings. The first kappa shape index (κ1) is 12.5. The first-order chi connectivity index (χ1) is 10.7. The van der Waals surface area contributed by atoms with Gasteiger partial charge in [-0.05, 0) is 48.4 Å². The molecule has 1 fully saturated rings. The first-order valence-electron chi connectivity index (χ1n) is 8.24. The summed E-state index contributed by atoms with van der Waals surface area (Å²) >= 11 is 0. The fourth-order valence-electron chi connectivity index (χ4n) is 4.95. The van der Waals surface area contributed by atoms with Crippen LogP contribution in [-0.2, 0) is 11.2 Å². The van der Waals surface area contributed by atoms with Gasteiger partial charge in [-0.25, -0.2) is 0 Å². The van der Waals surface area contributed by atoms with Gasteiger partial charge < -0.3 is 4.90 Å². The van der Waals surface area contributed by atoms with E-state index in [9.17, 15) is 4.79 Å². The molecule has 2 heteroatoms. The van der Waals surface area contributed by atoms with Crippen LogP contribution in [0.15, 0.2) is 42.5 Å². The van der Waals surface area contributed by atoms with E-state index < -0.39 is 0 Å². The molecule has 0 spiro atoms. The predicted octanol–water partition coefficient (Wildman–Crippen LogP) is 3.81. The fourth-order valence-corrected chi connectivity index (χ4v) is 4.95. The quantitative estimate of drug-likeness (QED) is 0.722. The van der Waals surface area contributed by atoms with Crippen LogP contribution in [0.2, 0.25) is 0 Å². The van der Waals surface area contributed by atoms with Gasteiger partial charge in [-0.15, -0.1) is 0 Å². The minimum absolute atomic E-state index is 0.310. The lowest BCUT2D eigenvalue weighted by atomic mass is 9.76. The summed E-state index contributed by atoms with van der Waals surface area (Å²) in [6.45, 7) is 2.15. The van der Waals surface area contributed by atoms with Crippen molar-refractivity contribution in [2.45, 2.75) is 38.1 Å². The van der Waals surface area contributed by atoms with Gasteiger partial charge in [0.15, 0.2) is 0 Å². The van der Waals surface area contributed by atoms with E-state index in [2.05, 4.69) is 54.3 Å². The number of carbonyl (C=O) groups excluding carboxylic acids is 1. The van der Waals surface area contributed by atoms with Crippen LogP contribution in [0.1, 0.15) is 41.0 Å². The molecular formula is C20H19NO. The van der Waals surface area contributed by atoms with Crippen molar-refractivity contribution < 1.29 is 4.79 Å². The number of fused-ring (bicyclic) bond motifs is 8. The van der Waals surface area contributed by atoms with E-state index in [1.165, 1.54) is 22.3 Å². The highest BCUT2D eigenvalue weighted by Crippen LogP contribution is 2.54. The van der Waals surface area contributed by atoms with Crippen molar-refractivity contribution in [1.29, 1.82) is 0 Å². The number of hydrogen-bond acceptors (Lipinski definition) is 1. The van der Waals surface area contributed by atoms with Crippen LogP contribution in [0, 0.1) is 12.8 Å². The molecule has 110 valence electrons. The van der Waals surface area contributed by atoms with Gasteiger partial charge in [-0.2, -0.15) is 0 Å². The molecule has 0 bridgehead atoms. The molecular weight excluding hydrogens is 270 g/mol. The van der Waals surface area contributed by atoms with Gasteiger partial charge in [0.1, 0.15) is 0 Å². The summed E-state index contributed by atoms with van der Waals surface area (Å²) in [7, 11) is 0. The Hall–Kier alpha value is -2.09. The molecule has 2 aromatic carbocycles. The highest BCUT2D eigenvalue weighted by Gasteiger charge is 2.49. The second-order valence-corrected chi connectivity index (χ2v) is 6.98. The predicted molar refractivity (Wildman–Crippen MR) is 87.2 cm³/mol. The average Bonchev–Trinajstić information content (AvgIpc) is 3.08. The number of anilines is 1. The van der Waals surface area contributed by atoms with E-state index in [1.54, 1.807) is 0 Å². The summed E-state index contributed by atoms with van der Waals surface area (Å²) in [5.41, 5.74) is 6.77. The molecule has 22 heavy (non-hydrogen) atoms. The topological polar surface area (TPSA) is 20.3 Å². The third kappa shape index (κ3) is 1.48. The van der Waals surface area contributed by atoms with E-state index in [0.29, 0.717) is 30.2 Å². The van der Waals surface area contributed by atoms with Gasteiger partial charge in [0.2, 0.25) is 5.91 Å². The van der Waals surface area contributed by atoms with Crippen molar-refractivity contribution in [3.05, 3.63) is 64.7 Å². The SMILES string of the molecule is Cc1ccc2c(c1)[C@H]1c3ccccc3C[C@H]1[C@H]1CCC(=O)N21. The second kappa shape index (κ2) is 4.22. The Morgan fingerprint density at radius 1 is 1.09 bits per heavy atom. The summed E-state index contributed by atoms with van der Waals surface area (Å²) < 4.78 is 0. The zero-order chi connectivity index (χ0) is 14.8. The molecule has 1 aliphatic carbocycles. The van der Waals surface area contributed by atoms with Gasteiger partial charge >= 0.3 is 0 Å². The average molecular weight is 289 g/mol. The van der Waals surface area contributed by atoms with Crippen LogP contribution in [0.4, 0.5) is 5.69 Å². The largest absolute Gasteiger partial charge is 0.309 e. The number of rotatable bonds is 0. The molecule has 2 aromatic rings. The maximum atomic E-state index is 12.4. The summed E-state index contributed by atoms with van der Waals surface area (Å²) in [5, 5.41) is 0. The Morgan fingerprint density at radius 2 is 1.95 bits per heavy atom. The monoisotopic (exact) mass is 289 g/mol. The van der Waals surface area contributed by atoms with Gasteiger partial charge in [-0.1, -0.05) is 42.0 Å². The van der Waals surface area contributed by atoms with Gasteiger partial charge in [0.25, 0.3) is 0 Å². The summed E-state index contributed by atoms with van der Waals surface area (Å²) in [4.78, 5) is 14.6.